The lowest BCUT2D eigenvalue weighted by molar-refractivity contribution is -0.148. The molecule has 2 aliphatic rings. The van der Waals surface area contributed by atoms with Gasteiger partial charge in [0.05, 0.1) is 13.0 Å². The summed E-state index contributed by atoms with van der Waals surface area (Å²) >= 11 is 3.32. The normalized spacial score (nSPS) is 31.5. The second-order valence-corrected chi connectivity index (χ2v) is 6.43. The molecule has 0 saturated carbocycles. The second-order valence-electron chi connectivity index (χ2n) is 5.90. The highest BCUT2D eigenvalue weighted by molar-refractivity contribution is 9.11. The number of piperidine rings is 1. The zero-order chi connectivity index (χ0) is 14.8. The third kappa shape index (κ3) is 2.92. The highest BCUT2D eigenvalue weighted by Gasteiger charge is 2.46. The van der Waals surface area contributed by atoms with Gasteiger partial charge in [0.1, 0.15) is 0 Å². The number of halogens is 1. The summed E-state index contributed by atoms with van der Waals surface area (Å²) in [6, 6.07) is 9.26. The zero-order valence-electron chi connectivity index (χ0n) is 12.1. The minimum atomic E-state index is -0.0840. The van der Waals surface area contributed by atoms with Gasteiger partial charge in [-0.3, -0.25) is 4.79 Å². The van der Waals surface area contributed by atoms with Crippen LogP contribution in [0, 0.1) is 5.92 Å². The van der Waals surface area contributed by atoms with Gasteiger partial charge in [-0.1, -0.05) is 40.2 Å². The van der Waals surface area contributed by atoms with Crippen LogP contribution in [0.25, 0.3) is 6.08 Å². The summed E-state index contributed by atoms with van der Waals surface area (Å²) in [4.78, 5) is 14.1. The number of esters is 1. The van der Waals surface area contributed by atoms with Crippen LogP contribution in [0.3, 0.4) is 0 Å². The van der Waals surface area contributed by atoms with E-state index in [1.807, 2.05) is 11.1 Å². The van der Waals surface area contributed by atoms with E-state index in [0.717, 1.165) is 24.8 Å². The van der Waals surface area contributed by atoms with Gasteiger partial charge >= 0.3 is 5.97 Å². The summed E-state index contributed by atoms with van der Waals surface area (Å²) in [7, 11) is 1.49. The molecule has 2 saturated heterocycles. The molecule has 0 radical (unpaired) electrons. The van der Waals surface area contributed by atoms with Crippen LogP contribution >= 0.6 is 15.9 Å². The van der Waals surface area contributed by atoms with Gasteiger partial charge in [0.15, 0.2) is 0 Å². The smallest absolute Gasteiger partial charge is 0.310 e. The highest BCUT2D eigenvalue weighted by atomic mass is 79.9. The molecule has 4 atom stereocenters. The minimum absolute atomic E-state index is 0.0723. The molecule has 2 aliphatic heterocycles. The lowest BCUT2D eigenvalue weighted by Crippen LogP contribution is -2.48. The molecule has 2 fully saturated rings. The van der Waals surface area contributed by atoms with Gasteiger partial charge in [-0.2, -0.15) is 0 Å². The van der Waals surface area contributed by atoms with Crippen LogP contribution in [0.15, 0.2) is 29.3 Å². The van der Waals surface area contributed by atoms with Crippen molar-refractivity contribution in [2.75, 3.05) is 7.11 Å². The van der Waals surface area contributed by atoms with Crippen LogP contribution < -0.4 is 5.32 Å². The standard InChI is InChI=1S/C17H20BrNO2/c1-21-17(20)16-14(10-13-5-6-15(16)19-13)12-4-2-3-11(9-12)7-8-18/h2-4,7-9,13-16,19H,5-6,10H2,1H3/b8-7+/t13?,14-,15?,16+/m1/s1/i1-1. The van der Waals surface area contributed by atoms with Gasteiger partial charge in [0.2, 0.25) is 0 Å². The number of hydrogen-bond donors (Lipinski definition) is 1. The van der Waals surface area contributed by atoms with E-state index in [1.165, 1.54) is 12.7 Å². The van der Waals surface area contributed by atoms with Gasteiger partial charge in [0.25, 0.3) is 0 Å². The molecular formula is C17H20BrNO2. The van der Waals surface area contributed by atoms with Crippen LogP contribution in [0.2, 0.25) is 0 Å². The maximum atomic E-state index is 12.3. The Kier molecular flexibility index (Phi) is 4.45. The Morgan fingerprint density at radius 1 is 1.43 bits per heavy atom. The van der Waals surface area contributed by atoms with Crippen LogP contribution in [0.5, 0.6) is 0 Å². The SMILES string of the molecule is [11CH3]OC(=O)[C@@H]1C2CCC(C[C@@H]1c1cccc(/C=C/Br)c1)N2. The fourth-order valence-corrected chi connectivity index (χ4v) is 4.13. The molecule has 1 aromatic rings. The Bertz CT molecular complexity index is 557. The van der Waals surface area contributed by atoms with E-state index in [9.17, 15) is 4.79 Å². The van der Waals surface area contributed by atoms with Gasteiger partial charge in [0, 0.05) is 18.0 Å². The molecule has 3 nitrogen and oxygen atoms in total. The van der Waals surface area contributed by atoms with Crippen molar-refractivity contribution in [2.45, 2.75) is 37.3 Å². The van der Waals surface area contributed by atoms with E-state index >= 15 is 0 Å². The Morgan fingerprint density at radius 2 is 2.29 bits per heavy atom. The van der Waals surface area contributed by atoms with Gasteiger partial charge in [-0.05, 0) is 41.5 Å². The molecule has 0 aliphatic carbocycles. The summed E-state index contributed by atoms with van der Waals surface area (Å²) < 4.78 is 5.07. The first-order chi connectivity index (χ1) is 10.2. The summed E-state index contributed by atoms with van der Waals surface area (Å²) in [5.74, 6) is 0.0936. The molecular weight excluding hydrogens is 329 g/mol. The number of fused-ring (bicyclic) bond motifs is 2. The van der Waals surface area contributed by atoms with Crippen LogP contribution in [0.4, 0.5) is 0 Å². The summed E-state index contributed by atoms with van der Waals surface area (Å²) in [5, 5.41) is 3.57. The number of methoxy groups -OCH3 is 1. The fraction of sp³-hybridized carbons (Fsp3) is 0.471. The van der Waals surface area contributed by atoms with Gasteiger partial charge < -0.3 is 10.1 Å². The van der Waals surface area contributed by atoms with Gasteiger partial charge in [-0.15, -0.1) is 0 Å². The lowest BCUT2D eigenvalue weighted by Gasteiger charge is -2.36. The Morgan fingerprint density at radius 3 is 3.05 bits per heavy atom. The predicted molar refractivity (Wildman–Crippen MR) is 87.2 cm³/mol. The molecule has 2 bridgehead atoms. The fourth-order valence-electron chi connectivity index (χ4n) is 3.83. The van der Waals surface area contributed by atoms with E-state index in [-0.39, 0.29) is 23.8 Å². The number of hydrogen-bond acceptors (Lipinski definition) is 3. The van der Waals surface area contributed by atoms with Crippen molar-refractivity contribution >= 4 is 28.0 Å². The summed E-state index contributed by atoms with van der Waals surface area (Å²) in [6.07, 6.45) is 5.27. The lowest BCUT2D eigenvalue weighted by atomic mass is 9.76. The van der Waals surface area contributed by atoms with Gasteiger partial charge in [-0.25, -0.2) is 0 Å². The minimum Gasteiger partial charge on any atom is -0.469 e. The summed E-state index contributed by atoms with van der Waals surface area (Å²) in [6.45, 7) is 0. The maximum absolute atomic E-state index is 12.3. The van der Waals surface area contributed by atoms with E-state index < -0.39 is 0 Å². The quantitative estimate of drug-likeness (QED) is 0.850. The van der Waals surface area contributed by atoms with E-state index in [0.29, 0.717) is 6.04 Å². The first kappa shape index (κ1) is 14.8. The Balaban J connectivity index is 1.94. The van der Waals surface area contributed by atoms with Crippen LogP contribution in [-0.2, 0) is 9.53 Å². The average molecular weight is 349 g/mol. The predicted octanol–water partition coefficient (Wildman–Crippen LogP) is 3.45. The molecule has 1 N–H and O–H groups in total. The van der Waals surface area contributed by atoms with Crippen molar-refractivity contribution in [3.8, 4) is 0 Å². The molecule has 3 rings (SSSR count). The first-order valence-corrected chi connectivity index (χ1v) is 8.35. The Labute approximate surface area is 133 Å². The van der Waals surface area contributed by atoms with Crippen LogP contribution in [0.1, 0.15) is 36.3 Å². The number of nitrogens with one attached hydrogen (secondary N) is 1. The molecule has 4 heteroatoms. The molecule has 0 spiro atoms. The summed E-state index contributed by atoms with van der Waals surface area (Å²) in [5.41, 5.74) is 2.39. The monoisotopic (exact) mass is 348 g/mol. The molecule has 2 unspecified atom stereocenters. The van der Waals surface area contributed by atoms with Crippen molar-refractivity contribution < 1.29 is 9.53 Å². The van der Waals surface area contributed by atoms with Crippen molar-refractivity contribution in [3.63, 3.8) is 0 Å². The molecule has 21 heavy (non-hydrogen) atoms. The topological polar surface area (TPSA) is 38.3 Å². The van der Waals surface area contributed by atoms with E-state index in [4.69, 9.17) is 4.74 Å². The number of carbonyl (C=O) groups is 1. The molecule has 2 heterocycles. The first-order valence-electron chi connectivity index (χ1n) is 7.43. The number of benzene rings is 1. The van der Waals surface area contributed by atoms with Crippen molar-refractivity contribution in [1.29, 1.82) is 0 Å². The third-order valence-corrected chi connectivity index (χ3v) is 5.01. The Hall–Kier alpha value is -1.13. The third-order valence-electron chi connectivity index (χ3n) is 4.75. The van der Waals surface area contributed by atoms with Crippen molar-refractivity contribution in [3.05, 3.63) is 40.4 Å². The number of carbonyl (C=O) groups excluding carboxylic acids is 1. The average Bonchev–Trinajstić information content (AvgIpc) is 2.88. The molecule has 112 valence electrons. The number of ether oxygens (including phenoxy) is 1. The van der Waals surface area contributed by atoms with Crippen molar-refractivity contribution in [2.24, 2.45) is 5.92 Å². The van der Waals surface area contributed by atoms with E-state index in [1.54, 1.807) is 0 Å². The maximum Gasteiger partial charge on any atom is 0.310 e. The molecule has 1 aromatic carbocycles. The highest BCUT2D eigenvalue weighted by Crippen LogP contribution is 2.42. The largest absolute Gasteiger partial charge is 0.469 e. The molecule has 0 amide bonds. The second kappa shape index (κ2) is 6.32. The molecule has 0 aromatic heterocycles. The van der Waals surface area contributed by atoms with E-state index in [2.05, 4.69) is 45.5 Å². The van der Waals surface area contributed by atoms with Crippen LogP contribution in [-0.4, -0.2) is 25.2 Å². The van der Waals surface area contributed by atoms with Crippen molar-refractivity contribution in [1.82, 2.24) is 5.32 Å². The zero-order valence-corrected chi connectivity index (χ0v) is 13.7. The number of rotatable bonds is 3.